The lowest BCUT2D eigenvalue weighted by molar-refractivity contribution is -0.288. The van der Waals surface area contributed by atoms with Crippen LogP contribution in [0.5, 0.6) is 0 Å². The fraction of sp³-hybridized carbons (Fsp3) is 0.826. The van der Waals surface area contributed by atoms with Gasteiger partial charge in [-0.1, -0.05) is 39.0 Å². The van der Waals surface area contributed by atoms with E-state index in [0.29, 0.717) is 6.42 Å². The van der Waals surface area contributed by atoms with E-state index in [1.807, 2.05) is 4.98 Å². The highest BCUT2D eigenvalue weighted by Gasteiger charge is 2.50. The number of aromatic amines is 1. The van der Waals surface area contributed by atoms with Gasteiger partial charge in [0, 0.05) is 18.9 Å². The van der Waals surface area contributed by atoms with Gasteiger partial charge >= 0.3 is 21.3 Å². The van der Waals surface area contributed by atoms with Crippen LogP contribution in [0.25, 0.3) is 0 Å². The first-order valence-corrected chi connectivity index (χ1v) is 17.0. The van der Waals surface area contributed by atoms with E-state index in [1.54, 1.807) is 0 Å². The summed E-state index contributed by atoms with van der Waals surface area (Å²) in [5.74, 6) is 0. The van der Waals surface area contributed by atoms with Crippen molar-refractivity contribution in [2.75, 3.05) is 19.8 Å². The van der Waals surface area contributed by atoms with Crippen LogP contribution in [0.3, 0.4) is 0 Å². The molecule has 0 aliphatic carbocycles. The van der Waals surface area contributed by atoms with E-state index in [-0.39, 0.29) is 6.61 Å². The molecule has 11 atom stereocenters. The van der Waals surface area contributed by atoms with Crippen LogP contribution in [0.2, 0.25) is 0 Å². The van der Waals surface area contributed by atoms with E-state index in [0.717, 1.165) is 48.9 Å². The van der Waals surface area contributed by atoms with Gasteiger partial charge in [-0.15, -0.1) is 0 Å². The predicted molar refractivity (Wildman–Crippen MR) is 146 cm³/mol. The summed E-state index contributed by atoms with van der Waals surface area (Å²) in [5, 5.41) is 51.1. The van der Waals surface area contributed by atoms with Crippen LogP contribution >= 0.6 is 15.6 Å². The van der Waals surface area contributed by atoms with Crippen LogP contribution in [0.4, 0.5) is 0 Å². The monoisotopic (exact) mass is 678 g/mol. The largest absolute Gasteiger partial charge is 0.483 e. The molecule has 21 heteroatoms. The van der Waals surface area contributed by atoms with E-state index < -0.39 is 95.4 Å². The van der Waals surface area contributed by atoms with E-state index >= 15 is 0 Å². The third-order valence-corrected chi connectivity index (χ3v) is 9.54. The number of nitrogens with one attached hydrogen (secondary N) is 1. The van der Waals surface area contributed by atoms with Gasteiger partial charge in [0.25, 0.3) is 5.56 Å². The highest BCUT2D eigenvalue weighted by Crippen LogP contribution is 2.61. The molecule has 19 nitrogen and oxygen atoms in total. The van der Waals surface area contributed by atoms with Crippen LogP contribution in [0.1, 0.15) is 51.7 Å². The second kappa shape index (κ2) is 16.4. The van der Waals surface area contributed by atoms with Gasteiger partial charge in [-0.05, 0) is 6.42 Å². The average Bonchev–Trinajstić information content (AvgIpc) is 3.22. The number of aliphatic hydroxyl groups excluding tert-OH is 5. The molecule has 3 rings (SSSR count). The highest BCUT2D eigenvalue weighted by molar-refractivity contribution is 7.61. The Morgan fingerprint density at radius 3 is 2.25 bits per heavy atom. The standard InChI is InChI=1S/C23H40N2O17P2/c1-2-3-4-5-6-7-10-37-20-17(29)13(11-26)40-22(19(20)31)41-44(35,36)42-43(33,34)38-12-14-16(28)18(30)21(39-14)25-9-8-15(27)24-23(25)32/h8-9,13-14,16-22,26,28-31H,2-7,10-12H2,1H3,(H,33,34)(H,35,36)(H,24,27,32)/t13-,14-,16-,17-,18-,19-,20+,21-,22-/m1/s1. The molecule has 0 spiro atoms. The molecule has 0 radical (unpaired) electrons. The lowest BCUT2D eigenvalue weighted by atomic mass is 9.99. The minimum absolute atomic E-state index is 0.101. The lowest BCUT2D eigenvalue weighted by Gasteiger charge is -2.41. The van der Waals surface area contributed by atoms with Gasteiger partial charge in [0.1, 0.15) is 42.7 Å². The second-order valence-electron chi connectivity index (χ2n) is 10.3. The van der Waals surface area contributed by atoms with Gasteiger partial charge in [-0.25, -0.2) is 13.9 Å². The van der Waals surface area contributed by atoms with Gasteiger partial charge in [0.2, 0.25) is 0 Å². The van der Waals surface area contributed by atoms with Gasteiger partial charge in [-0.3, -0.25) is 23.4 Å². The fourth-order valence-corrected chi connectivity index (χ4v) is 6.79. The van der Waals surface area contributed by atoms with Gasteiger partial charge in [0.15, 0.2) is 12.5 Å². The molecule has 3 heterocycles. The molecule has 1 aromatic heterocycles. The number of hydrogen-bond donors (Lipinski definition) is 8. The van der Waals surface area contributed by atoms with E-state index in [1.165, 1.54) is 0 Å². The van der Waals surface area contributed by atoms with E-state index in [4.69, 9.17) is 18.7 Å². The number of hydrogen-bond acceptors (Lipinski definition) is 15. The summed E-state index contributed by atoms with van der Waals surface area (Å²) in [7, 11) is -11.1. The van der Waals surface area contributed by atoms with Crippen LogP contribution in [-0.4, -0.2) is 114 Å². The predicted octanol–water partition coefficient (Wildman–Crippen LogP) is -1.41. The topological polar surface area (TPSA) is 286 Å². The molecule has 0 aromatic carbocycles. The number of aromatic nitrogens is 2. The molecule has 2 aliphatic rings. The zero-order valence-electron chi connectivity index (χ0n) is 23.8. The molecular weight excluding hydrogens is 638 g/mol. The van der Waals surface area contributed by atoms with Crippen LogP contribution in [-0.2, 0) is 36.7 Å². The summed E-state index contributed by atoms with van der Waals surface area (Å²) in [6.07, 6.45) is -8.44. The summed E-state index contributed by atoms with van der Waals surface area (Å²) in [5.41, 5.74) is -1.72. The molecule has 2 aliphatic heterocycles. The number of rotatable bonds is 17. The van der Waals surface area contributed by atoms with Gasteiger partial charge < -0.3 is 49.5 Å². The van der Waals surface area contributed by atoms with Crippen LogP contribution in [0.15, 0.2) is 21.9 Å². The normalized spacial score (nSPS) is 33.6. The first-order valence-electron chi connectivity index (χ1n) is 14.0. The number of ether oxygens (including phenoxy) is 3. The van der Waals surface area contributed by atoms with E-state index in [2.05, 4.69) is 15.8 Å². The zero-order valence-corrected chi connectivity index (χ0v) is 25.6. The van der Waals surface area contributed by atoms with Crippen LogP contribution < -0.4 is 11.2 Å². The number of phosphoric acid groups is 2. The van der Waals surface area contributed by atoms with Crippen LogP contribution in [0, 0.1) is 0 Å². The van der Waals surface area contributed by atoms with Crippen molar-refractivity contribution in [3.05, 3.63) is 33.1 Å². The Hall–Kier alpha value is -1.38. The van der Waals surface area contributed by atoms with Crippen molar-refractivity contribution in [2.24, 2.45) is 0 Å². The quantitative estimate of drug-likeness (QED) is 0.0694. The molecule has 2 saturated heterocycles. The third-order valence-electron chi connectivity index (χ3n) is 6.94. The zero-order chi connectivity index (χ0) is 32.7. The molecule has 1 aromatic rings. The summed E-state index contributed by atoms with van der Waals surface area (Å²) in [6, 6.07) is 0.947. The Labute approximate surface area is 251 Å². The van der Waals surface area contributed by atoms with Gasteiger partial charge in [-0.2, -0.15) is 4.31 Å². The fourth-order valence-electron chi connectivity index (χ4n) is 4.64. The summed E-state index contributed by atoms with van der Waals surface area (Å²) >= 11 is 0. The number of H-pyrrole nitrogens is 1. The maximum atomic E-state index is 12.6. The second-order valence-corrected chi connectivity index (χ2v) is 13.3. The van der Waals surface area contributed by atoms with E-state index in [9.17, 15) is 54.0 Å². The maximum Gasteiger partial charge on any atom is 0.483 e. The molecule has 2 fully saturated rings. The van der Waals surface area contributed by atoms with Crippen molar-refractivity contribution in [3.8, 4) is 0 Å². The van der Waals surface area contributed by atoms with Crippen molar-refractivity contribution < 1.29 is 72.0 Å². The highest BCUT2D eigenvalue weighted by atomic mass is 31.3. The Kier molecular flexibility index (Phi) is 13.9. The van der Waals surface area contributed by atoms with Crippen molar-refractivity contribution in [1.29, 1.82) is 0 Å². The minimum Gasteiger partial charge on any atom is -0.394 e. The number of aliphatic hydroxyl groups is 5. The number of phosphoric ester groups is 2. The smallest absolute Gasteiger partial charge is 0.394 e. The molecule has 8 N–H and O–H groups in total. The summed E-state index contributed by atoms with van der Waals surface area (Å²) in [6.45, 7) is 0.377. The summed E-state index contributed by atoms with van der Waals surface area (Å²) in [4.78, 5) is 45.3. The molecule has 44 heavy (non-hydrogen) atoms. The maximum absolute atomic E-state index is 12.6. The average molecular weight is 679 g/mol. The Bertz CT molecular complexity index is 1260. The summed E-state index contributed by atoms with van der Waals surface area (Å²) < 4.78 is 55.4. The molecule has 0 saturated carbocycles. The van der Waals surface area contributed by atoms with Crippen molar-refractivity contribution in [1.82, 2.24) is 9.55 Å². The van der Waals surface area contributed by atoms with Crippen molar-refractivity contribution >= 4 is 15.6 Å². The van der Waals surface area contributed by atoms with Crippen molar-refractivity contribution in [3.63, 3.8) is 0 Å². The Balaban J connectivity index is 1.56. The van der Waals surface area contributed by atoms with Gasteiger partial charge in [0.05, 0.1) is 13.2 Å². The first kappa shape index (κ1) is 37.1. The molecule has 0 amide bonds. The lowest BCUT2D eigenvalue weighted by Crippen LogP contribution is -2.60. The van der Waals surface area contributed by atoms with Crippen molar-refractivity contribution in [2.45, 2.75) is 101 Å². The molecule has 0 bridgehead atoms. The SMILES string of the molecule is CCCCCCCCO[C@@H]1[C@@H](O)[C@@H](OP(=O)(O)OP(=O)(O)OC[C@H]2O[C@@H](n3ccc(=O)[nH]c3=O)[C@H](O)[C@@H]2O)O[C@H](CO)[C@H]1O. The number of nitrogens with zero attached hydrogens (tertiary/aromatic N) is 1. The molecule has 254 valence electrons. The Morgan fingerprint density at radius 1 is 0.909 bits per heavy atom. The minimum atomic E-state index is -5.58. The molecular formula is C23H40N2O17P2. The molecule has 2 unspecified atom stereocenters. The first-order chi connectivity index (χ1) is 20.7. The Morgan fingerprint density at radius 2 is 1.59 bits per heavy atom. The number of unbranched alkanes of at least 4 members (excludes halogenated alkanes) is 5. The third kappa shape index (κ3) is 10.1.